The van der Waals surface area contributed by atoms with Gasteiger partial charge in [0.2, 0.25) is 0 Å². The van der Waals surface area contributed by atoms with Gasteiger partial charge in [-0.05, 0) is 67.5 Å². The van der Waals surface area contributed by atoms with Crippen LogP contribution in [0.1, 0.15) is 54.1 Å². The predicted octanol–water partition coefficient (Wildman–Crippen LogP) is 5.50. The van der Waals surface area contributed by atoms with E-state index in [1.54, 1.807) is 0 Å². The summed E-state index contributed by atoms with van der Waals surface area (Å²) in [5.41, 5.74) is 5.78. The van der Waals surface area contributed by atoms with Crippen LogP contribution in [-0.2, 0) is 11.2 Å². The second-order valence-electron chi connectivity index (χ2n) is 7.95. The predicted molar refractivity (Wildman–Crippen MR) is 123 cm³/mol. The van der Waals surface area contributed by atoms with Crippen LogP contribution in [0.5, 0.6) is 0 Å². The highest BCUT2D eigenvalue weighted by Gasteiger charge is 2.16. The number of nitrogens with one attached hydrogen (secondary N) is 2. The number of ether oxygens (including phenoxy) is 1. The first kappa shape index (κ1) is 20.4. The average Bonchev–Trinajstić information content (AvgIpc) is 3.20. The Balaban J connectivity index is 1.30. The van der Waals surface area contributed by atoms with Crippen molar-refractivity contribution in [2.24, 2.45) is 0 Å². The standard InChI is InChI=1S/C26H30N2O2/c1-2-30-26(29)21-12-13-25-24(17-21)22(18-28-25)10-6-7-11-23-16-20(14-15-27-23)19-8-4-3-5-9-19/h3-5,8-9,12-14,17-18,23,27-28H,2,6-7,10-11,15-16H2,1H3. The summed E-state index contributed by atoms with van der Waals surface area (Å²) in [6.45, 7) is 3.18. The van der Waals surface area contributed by atoms with Gasteiger partial charge in [-0.2, -0.15) is 0 Å². The molecule has 0 saturated heterocycles. The van der Waals surface area contributed by atoms with Crippen molar-refractivity contribution in [2.45, 2.75) is 45.1 Å². The minimum atomic E-state index is -0.253. The van der Waals surface area contributed by atoms with Crippen LogP contribution in [0, 0.1) is 0 Å². The number of aromatic nitrogens is 1. The van der Waals surface area contributed by atoms with E-state index < -0.39 is 0 Å². The molecule has 2 heterocycles. The molecule has 0 saturated carbocycles. The van der Waals surface area contributed by atoms with Crippen LogP contribution in [-0.4, -0.2) is 30.1 Å². The first-order valence-electron chi connectivity index (χ1n) is 11.0. The molecule has 0 bridgehead atoms. The number of unbranched alkanes of at least 4 members (excludes halogenated alkanes) is 1. The van der Waals surface area contributed by atoms with Gasteiger partial charge in [-0.3, -0.25) is 0 Å². The number of H-pyrrole nitrogens is 1. The minimum absolute atomic E-state index is 0.253. The number of esters is 1. The fraction of sp³-hybridized carbons (Fsp3) is 0.346. The van der Waals surface area contributed by atoms with Gasteiger partial charge >= 0.3 is 5.97 Å². The maximum atomic E-state index is 12.0. The summed E-state index contributed by atoms with van der Waals surface area (Å²) >= 11 is 0. The Labute approximate surface area is 178 Å². The molecule has 2 N–H and O–H groups in total. The Morgan fingerprint density at radius 3 is 2.83 bits per heavy atom. The molecule has 1 aromatic heterocycles. The molecule has 0 fully saturated rings. The molecular formula is C26H30N2O2. The Kier molecular flexibility index (Phi) is 6.65. The smallest absolute Gasteiger partial charge is 0.338 e. The topological polar surface area (TPSA) is 54.1 Å². The first-order valence-corrected chi connectivity index (χ1v) is 11.0. The third kappa shape index (κ3) is 4.82. The number of fused-ring (bicyclic) bond motifs is 1. The van der Waals surface area contributed by atoms with Gasteiger partial charge in [0, 0.05) is 29.7 Å². The first-order chi connectivity index (χ1) is 14.7. The SMILES string of the molecule is CCOC(=O)c1ccc2[nH]cc(CCCCC3CC(c4ccccc4)=CCN3)c2c1. The fourth-order valence-corrected chi connectivity index (χ4v) is 4.29. The van der Waals surface area contributed by atoms with Gasteiger partial charge in [0.05, 0.1) is 12.2 Å². The number of hydrogen-bond donors (Lipinski definition) is 2. The van der Waals surface area contributed by atoms with Crippen LogP contribution >= 0.6 is 0 Å². The Bertz CT molecular complexity index is 1020. The number of hydrogen-bond acceptors (Lipinski definition) is 3. The molecule has 1 aliphatic rings. The Hall–Kier alpha value is -2.85. The van der Waals surface area contributed by atoms with E-state index in [0.29, 0.717) is 18.2 Å². The second kappa shape index (κ2) is 9.77. The zero-order chi connectivity index (χ0) is 20.8. The molecule has 1 unspecified atom stereocenters. The summed E-state index contributed by atoms with van der Waals surface area (Å²) in [7, 11) is 0. The van der Waals surface area contributed by atoms with Crippen LogP contribution in [0.25, 0.3) is 16.5 Å². The highest BCUT2D eigenvalue weighted by Crippen LogP contribution is 2.26. The third-order valence-corrected chi connectivity index (χ3v) is 5.89. The number of carbonyl (C=O) groups is 1. The normalized spacial score (nSPS) is 16.4. The number of carbonyl (C=O) groups excluding carboxylic acids is 1. The molecule has 30 heavy (non-hydrogen) atoms. The zero-order valence-electron chi connectivity index (χ0n) is 17.6. The maximum Gasteiger partial charge on any atom is 0.338 e. The van der Waals surface area contributed by atoms with Crippen molar-refractivity contribution in [3.8, 4) is 0 Å². The maximum absolute atomic E-state index is 12.0. The van der Waals surface area contributed by atoms with Gasteiger partial charge in [0.25, 0.3) is 0 Å². The van der Waals surface area contributed by atoms with Crippen molar-refractivity contribution in [2.75, 3.05) is 13.2 Å². The van der Waals surface area contributed by atoms with Gasteiger partial charge in [-0.1, -0.05) is 42.8 Å². The largest absolute Gasteiger partial charge is 0.462 e. The summed E-state index contributed by atoms with van der Waals surface area (Å²) in [5, 5.41) is 4.77. The minimum Gasteiger partial charge on any atom is -0.462 e. The molecule has 4 rings (SSSR count). The number of aryl methyl sites for hydroxylation is 1. The molecule has 4 heteroatoms. The van der Waals surface area contributed by atoms with Crippen molar-refractivity contribution in [1.82, 2.24) is 10.3 Å². The van der Waals surface area contributed by atoms with Crippen LogP contribution in [0.15, 0.2) is 60.8 Å². The van der Waals surface area contributed by atoms with E-state index in [1.807, 2.05) is 25.1 Å². The molecule has 3 aromatic rings. The van der Waals surface area contributed by atoms with Gasteiger partial charge in [0.15, 0.2) is 0 Å². The van der Waals surface area contributed by atoms with E-state index >= 15 is 0 Å². The van der Waals surface area contributed by atoms with Crippen molar-refractivity contribution >= 4 is 22.4 Å². The van der Waals surface area contributed by atoms with E-state index in [-0.39, 0.29) is 5.97 Å². The number of aromatic amines is 1. The molecule has 0 radical (unpaired) electrons. The molecule has 156 valence electrons. The second-order valence-corrected chi connectivity index (χ2v) is 7.95. The molecule has 0 spiro atoms. The lowest BCUT2D eigenvalue weighted by molar-refractivity contribution is 0.0526. The van der Waals surface area contributed by atoms with Gasteiger partial charge in [-0.15, -0.1) is 0 Å². The molecule has 0 amide bonds. The van der Waals surface area contributed by atoms with E-state index in [9.17, 15) is 4.79 Å². The van der Waals surface area contributed by atoms with Crippen molar-refractivity contribution in [3.05, 3.63) is 77.5 Å². The van der Waals surface area contributed by atoms with E-state index in [1.165, 1.54) is 29.5 Å². The quantitative estimate of drug-likeness (QED) is 0.386. The van der Waals surface area contributed by atoms with Gasteiger partial charge in [-0.25, -0.2) is 4.79 Å². The average molecular weight is 403 g/mol. The van der Waals surface area contributed by atoms with Crippen molar-refractivity contribution in [1.29, 1.82) is 0 Å². The zero-order valence-corrected chi connectivity index (χ0v) is 17.6. The van der Waals surface area contributed by atoms with Crippen molar-refractivity contribution < 1.29 is 9.53 Å². The Morgan fingerprint density at radius 1 is 1.13 bits per heavy atom. The lowest BCUT2D eigenvalue weighted by Gasteiger charge is -2.24. The fourth-order valence-electron chi connectivity index (χ4n) is 4.29. The molecule has 0 aliphatic carbocycles. The molecule has 1 aliphatic heterocycles. The van der Waals surface area contributed by atoms with Crippen LogP contribution < -0.4 is 5.32 Å². The molecular weight excluding hydrogens is 372 g/mol. The summed E-state index contributed by atoms with van der Waals surface area (Å²) in [6.07, 6.45) is 10.0. The van der Waals surface area contributed by atoms with Crippen molar-refractivity contribution in [3.63, 3.8) is 0 Å². The monoisotopic (exact) mass is 402 g/mol. The van der Waals surface area contributed by atoms with Crippen LogP contribution in [0.3, 0.4) is 0 Å². The van der Waals surface area contributed by atoms with E-state index in [4.69, 9.17) is 4.74 Å². The van der Waals surface area contributed by atoms with Crippen LogP contribution in [0.4, 0.5) is 0 Å². The number of rotatable bonds is 8. The summed E-state index contributed by atoms with van der Waals surface area (Å²) in [4.78, 5) is 15.4. The third-order valence-electron chi connectivity index (χ3n) is 5.89. The van der Waals surface area contributed by atoms with Gasteiger partial charge < -0.3 is 15.0 Å². The lowest BCUT2D eigenvalue weighted by atomic mass is 9.92. The molecule has 1 atom stereocenters. The summed E-state index contributed by atoms with van der Waals surface area (Å²) < 4.78 is 5.14. The summed E-state index contributed by atoms with van der Waals surface area (Å²) in [6, 6.07) is 17.0. The van der Waals surface area contributed by atoms with E-state index in [2.05, 4.69) is 52.9 Å². The highest BCUT2D eigenvalue weighted by molar-refractivity contribution is 5.95. The number of benzene rings is 2. The lowest BCUT2D eigenvalue weighted by Crippen LogP contribution is -2.32. The van der Waals surface area contributed by atoms with Gasteiger partial charge in [0.1, 0.15) is 0 Å². The molecule has 4 nitrogen and oxygen atoms in total. The molecule has 2 aromatic carbocycles. The van der Waals surface area contributed by atoms with Crippen LogP contribution in [0.2, 0.25) is 0 Å². The Morgan fingerprint density at radius 2 is 2.00 bits per heavy atom. The van der Waals surface area contributed by atoms with E-state index in [0.717, 1.165) is 36.7 Å². The highest BCUT2D eigenvalue weighted by atomic mass is 16.5. The summed E-state index contributed by atoms with van der Waals surface area (Å²) in [5.74, 6) is -0.253.